The maximum atomic E-state index is 12.5. The third-order valence-electron chi connectivity index (χ3n) is 4.78. The first kappa shape index (κ1) is 23.9. The monoisotopic (exact) mass is 476 g/mol. The molecule has 172 valence electrons. The molecule has 1 N–H and O–H groups in total. The average Bonchev–Trinajstić information content (AvgIpc) is 3.47. The van der Waals surface area contributed by atoms with E-state index in [2.05, 4.69) is 24.3 Å². The Labute approximate surface area is 195 Å². The van der Waals surface area contributed by atoms with E-state index in [1.807, 2.05) is 29.1 Å². The quantitative estimate of drug-likeness (QED) is 0.453. The van der Waals surface area contributed by atoms with Crippen molar-refractivity contribution in [2.45, 2.75) is 40.8 Å². The van der Waals surface area contributed by atoms with Gasteiger partial charge in [0.1, 0.15) is 9.71 Å². The highest BCUT2D eigenvalue weighted by atomic mass is 32.1. The summed E-state index contributed by atoms with van der Waals surface area (Å²) < 4.78 is 7.17. The summed E-state index contributed by atoms with van der Waals surface area (Å²) in [7, 11) is 0. The molecule has 0 atom stereocenters. The molecule has 0 aliphatic carbocycles. The van der Waals surface area contributed by atoms with Crippen molar-refractivity contribution >= 4 is 50.7 Å². The molecule has 32 heavy (non-hydrogen) atoms. The third-order valence-corrected chi connectivity index (χ3v) is 6.79. The Morgan fingerprint density at radius 3 is 2.75 bits per heavy atom. The van der Waals surface area contributed by atoms with E-state index in [0.717, 1.165) is 27.3 Å². The molecular weight excluding hydrogens is 448 g/mol. The van der Waals surface area contributed by atoms with E-state index in [1.54, 1.807) is 24.3 Å². The van der Waals surface area contributed by atoms with Crippen molar-refractivity contribution in [2.24, 2.45) is 5.92 Å². The van der Waals surface area contributed by atoms with Gasteiger partial charge in [-0.1, -0.05) is 19.9 Å². The number of thiophene rings is 2. The number of rotatable bonds is 10. The molecule has 0 aromatic carbocycles. The van der Waals surface area contributed by atoms with Gasteiger partial charge < -0.3 is 15.0 Å². The van der Waals surface area contributed by atoms with E-state index < -0.39 is 18.5 Å². The van der Waals surface area contributed by atoms with Crippen LogP contribution >= 0.6 is 22.7 Å². The Kier molecular flexibility index (Phi) is 8.03. The lowest BCUT2D eigenvalue weighted by Gasteiger charge is -2.20. The fourth-order valence-electron chi connectivity index (χ4n) is 3.18. The minimum atomic E-state index is -0.548. The molecular formula is C22H28N4O4S2. The Bertz CT molecular complexity index is 1090. The second kappa shape index (κ2) is 10.7. The van der Waals surface area contributed by atoms with Crippen molar-refractivity contribution in [2.75, 3.05) is 19.7 Å². The van der Waals surface area contributed by atoms with Gasteiger partial charge >= 0.3 is 5.97 Å². The van der Waals surface area contributed by atoms with E-state index in [9.17, 15) is 14.4 Å². The van der Waals surface area contributed by atoms with Gasteiger partial charge in [-0.15, -0.1) is 22.7 Å². The molecule has 0 saturated heterocycles. The van der Waals surface area contributed by atoms with Gasteiger partial charge in [-0.3, -0.25) is 14.3 Å². The highest BCUT2D eigenvalue weighted by molar-refractivity contribution is 7.20. The molecule has 2 amide bonds. The molecule has 0 spiro atoms. The summed E-state index contributed by atoms with van der Waals surface area (Å²) in [6, 6.07) is 5.62. The molecule has 10 heteroatoms. The zero-order valence-electron chi connectivity index (χ0n) is 18.7. The molecule has 0 unspecified atom stereocenters. The Morgan fingerprint density at radius 1 is 1.31 bits per heavy atom. The van der Waals surface area contributed by atoms with Gasteiger partial charge in [0.05, 0.1) is 18.8 Å². The zero-order valence-corrected chi connectivity index (χ0v) is 20.3. The number of nitrogens with zero attached hydrogens (tertiary/aromatic N) is 3. The van der Waals surface area contributed by atoms with Crippen LogP contribution in [0.1, 0.15) is 41.0 Å². The maximum Gasteiger partial charge on any atom is 0.348 e. The molecule has 0 bridgehead atoms. The Hall–Kier alpha value is -2.72. The van der Waals surface area contributed by atoms with Crippen molar-refractivity contribution in [3.63, 3.8) is 0 Å². The lowest BCUT2D eigenvalue weighted by molar-refractivity contribution is -0.138. The number of carbonyl (C=O) groups excluding carboxylic acids is 3. The van der Waals surface area contributed by atoms with Crippen molar-refractivity contribution in [1.82, 2.24) is 20.0 Å². The summed E-state index contributed by atoms with van der Waals surface area (Å²) in [5.41, 5.74) is 0.859. The number of aromatic nitrogens is 2. The molecule has 8 nitrogen and oxygen atoms in total. The molecule has 0 aliphatic heterocycles. The fraction of sp³-hybridized carbons (Fsp3) is 0.455. The highest BCUT2D eigenvalue weighted by Gasteiger charge is 2.21. The lowest BCUT2D eigenvalue weighted by atomic mass is 10.2. The van der Waals surface area contributed by atoms with Crippen LogP contribution in [0.25, 0.3) is 10.2 Å². The number of hydrogen-bond acceptors (Lipinski definition) is 7. The van der Waals surface area contributed by atoms with Crippen LogP contribution in [0.5, 0.6) is 0 Å². The van der Waals surface area contributed by atoms with Gasteiger partial charge in [0.2, 0.25) is 5.91 Å². The predicted octanol–water partition coefficient (Wildman–Crippen LogP) is 3.45. The lowest BCUT2D eigenvalue weighted by Crippen LogP contribution is -2.42. The molecule has 3 aromatic heterocycles. The molecule has 3 rings (SSSR count). The van der Waals surface area contributed by atoms with Crippen molar-refractivity contribution in [3.8, 4) is 0 Å². The van der Waals surface area contributed by atoms with Gasteiger partial charge in [0.15, 0.2) is 6.61 Å². The van der Waals surface area contributed by atoms with Crippen LogP contribution in [0.4, 0.5) is 0 Å². The van der Waals surface area contributed by atoms with Crippen LogP contribution in [0.15, 0.2) is 23.6 Å². The van der Waals surface area contributed by atoms with Crippen molar-refractivity contribution < 1.29 is 19.1 Å². The minimum absolute atomic E-state index is 0.0780. The SMILES string of the molecule is CCN(CC(=O)NCc1cccs1)C(=O)COC(=O)c1cc2c(C)nn(CC(C)C)c2s1. The summed E-state index contributed by atoms with van der Waals surface area (Å²) in [5.74, 6) is -0.784. The maximum absolute atomic E-state index is 12.5. The number of ether oxygens (including phenoxy) is 1. The van der Waals surface area contributed by atoms with E-state index in [4.69, 9.17) is 4.74 Å². The smallest absolute Gasteiger partial charge is 0.348 e. The summed E-state index contributed by atoms with van der Waals surface area (Å²) in [6.45, 7) is 8.96. The summed E-state index contributed by atoms with van der Waals surface area (Å²) >= 11 is 2.87. The number of fused-ring (bicyclic) bond motifs is 1. The number of nitrogens with one attached hydrogen (secondary N) is 1. The van der Waals surface area contributed by atoms with Gasteiger partial charge in [-0.05, 0) is 37.3 Å². The number of hydrogen-bond donors (Lipinski definition) is 1. The van der Waals surface area contributed by atoms with E-state index in [-0.39, 0.29) is 12.5 Å². The summed E-state index contributed by atoms with van der Waals surface area (Å²) in [5, 5.41) is 10.2. The number of aryl methyl sites for hydroxylation is 1. The Balaban J connectivity index is 1.54. The standard InChI is InChI=1S/C22H28N4O4S2/c1-5-25(12-19(27)23-10-16-7-6-8-31-16)20(28)13-30-22(29)18-9-17-15(4)24-26(11-14(2)3)21(17)32-18/h6-9,14H,5,10-13H2,1-4H3,(H,23,27). The van der Waals surface area contributed by atoms with Crippen LogP contribution < -0.4 is 5.32 Å². The molecule has 0 fully saturated rings. The van der Waals surface area contributed by atoms with Gasteiger partial charge in [-0.25, -0.2) is 4.79 Å². The van der Waals surface area contributed by atoms with Crippen molar-refractivity contribution in [3.05, 3.63) is 39.0 Å². The van der Waals surface area contributed by atoms with Gasteiger partial charge in [0, 0.05) is 23.4 Å². The highest BCUT2D eigenvalue weighted by Crippen LogP contribution is 2.29. The van der Waals surface area contributed by atoms with E-state index in [0.29, 0.717) is 23.9 Å². The molecule has 3 heterocycles. The first-order valence-corrected chi connectivity index (χ1v) is 12.2. The van der Waals surface area contributed by atoms with E-state index >= 15 is 0 Å². The molecule has 0 aliphatic rings. The molecule has 0 saturated carbocycles. The summed E-state index contributed by atoms with van der Waals surface area (Å²) in [4.78, 5) is 41.0. The first-order chi connectivity index (χ1) is 15.3. The number of carbonyl (C=O) groups is 3. The van der Waals surface area contributed by atoms with Crippen LogP contribution in [0, 0.1) is 12.8 Å². The van der Waals surface area contributed by atoms with Gasteiger partial charge in [-0.2, -0.15) is 5.10 Å². The summed E-state index contributed by atoms with van der Waals surface area (Å²) in [6.07, 6.45) is 0. The first-order valence-electron chi connectivity index (χ1n) is 10.5. The number of amides is 2. The number of esters is 1. The van der Waals surface area contributed by atoms with Gasteiger partial charge in [0.25, 0.3) is 5.91 Å². The molecule has 0 radical (unpaired) electrons. The van der Waals surface area contributed by atoms with Crippen LogP contribution in [-0.2, 0) is 27.4 Å². The topological polar surface area (TPSA) is 93.5 Å². The third kappa shape index (κ3) is 5.95. The minimum Gasteiger partial charge on any atom is -0.451 e. The Morgan fingerprint density at radius 2 is 2.09 bits per heavy atom. The second-order valence-corrected chi connectivity index (χ2v) is 9.89. The fourth-order valence-corrected chi connectivity index (χ4v) is 4.89. The van der Waals surface area contributed by atoms with Crippen LogP contribution in [0.3, 0.4) is 0 Å². The van der Waals surface area contributed by atoms with Crippen molar-refractivity contribution in [1.29, 1.82) is 0 Å². The average molecular weight is 477 g/mol. The number of likely N-dealkylation sites (N-methyl/N-ethyl adjacent to an activating group) is 1. The predicted molar refractivity (Wildman–Crippen MR) is 126 cm³/mol. The normalized spacial score (nSPS) is 11.2. The van der Waals surface area contributed by atoms with Crippen LogP contribution in [-0.4, -0.2) is 52.2 Å². The largest absolute Gasteiger partial charge is 0.451 e. The van der Waals surface area contributed by atoms with E-state index in [1.165, 1.54) is 16.2 Å². The zero-order chi connectivity index (χ0) is 23.3. The van der Waals surface area contributed by atoms with Crippen LogP contribution in [0.2, 0.25) is 0 Å². The molecule has 3 aromatic rings. The second-order valence-electron chi connectivity index (χ2n) is 7.83.